The minimum absolute atomic E-state index is 0.0927. The van der Waals surface area contributed by atoms with Crippen molar-refractivity contribution in [1.82, 2.24) is 20.2 Å². The average Bonchev–Trinajstić information content (AvgIpc) is 3.45. The molecular formula is C38H49N5O6S. The van der Waals surface area contributed by atoms with E-state index >= 15 is 0 Å². The predicted octanol–water partition coefficient (Wildman–Crippen LogP) is 5.04. The zero-order valence-corrected chi connectivity index (χ0v) is 30.7. The number of nitrogens with zero attached hydrogens (tertiary/aromatic N) is 3. The van der Waals surface area contributed by atoms with E-state index in [-0.39, 0.29) is 42.2 Å². The van der Waals surface area contributed by atoms with Gasteiger partial charge in [0.25, 0.3) is 17.3 Å². The van der Waals surface area contributed by atoms with Crippen LogP contribution < -0.4 is 25.2 Å². The van der Waals surface area contributed by atoms with Crippen LogP contribution in [-0.4, -0.2) is 88.5 Å². The maximum Gasteiger partial charge on any atom is 0.254 e. The summed E-state index contributed by atoms with van der Waals surface area (Å²) < 4.78 is 19.6. The summed E-state index contributed by atoms with van der Waals surface area (Å²) in [6.07, 6.45) is 7.72. The Morgan fingerprint density at radius 3 is 2.40 bits per heavy atom. The Hall–Kier alpha value is -3.58. The number of carbonyl (C=O) groups excluding carboxylic acids is 1. The second kappa shape index (κ2) is 13.9. The molecule has 0 bridgehead atoms. The number of morpholine rings is 1. The van der Waals surface area contributed by atoms with Crippen LogP contribution in [0.5, 0.6) is 11.5 Å². The van der Waals surface area contributed by atoms with Gasteiger partial charge >= 0.3 is 0 Å². The first kappa shape index (κ1) is 34.9. The van der Waals surface area contributed by atoms with Gasteiger partial charge in [-0.3, -0.25) is 14.5 Å². The van der Waals surface area contributed by atoms with Gasteiger partial charge in [0.05, 0.1) is 18.3 Å². The van der Waals surface area contributed by atoms with Crippen LogP contribution in [0.4, 0.5) is 5.82 Å². The van der Waals surface area contributed by atoms with Crippen molar-refractivity contribution in [2.45, 2.75) is 102 Å². The first-order valence-corrected chi connectivity index (χ1v) is 19.0. The fourth-order valence-electron chi connectivity index (χ4n) is 8.15. The molecule has 12 heteroatoms. The minimum atomic E-state index is -0.897. The van der Waals surface area contributed by atoms with Crippen molar-refractivity contribution in [3.05, 3.63) is 63.2 Å². The Morgan fingerprint density at radius 2 is 1.76 bits per heavy atom. The summed E-state index contributed by atoms with van der Waals surface area (Å²) in [4.78, 5) is 40.0. The van der Waals surface area contributed by atoms with Gasteiger partial charge in [-0.2, -0.15) is 0 Å². The Kier molecular flexibility index (Phi) is 9.66. The van der Waals surface area contributed by atoms with Crippen molar-refractivity contribution in [2.24, 2.45) is 5.92 Å². The largest absolute Gasteiger partial charge is 0.448 e. The Balaban J connectivity index is 1.19. The van der Waals surface area contributed by atoms with Gasteiger partial charge in [0.2, 0.25) is 0 Å². The number of likely N-dealkylation sites (tertiary alicyclic amines) is 1. The van der Waals surface area contributed by atoms with E-state index in [4.69, 9.17) is 19.2 Å². The molecule has 4 aliphatic rings. The molecule has 3 fully saturated rings. The number of aromatic amines is 1. The normalized spacial score (nSPS) is 26.9. The smallest absolute Gasteiger partial charge is 0.254 e. The van der Waals surface area contributed by atoms with Crippen LogP contribution in [0.3, 0.4) is 0 Å². The highest BCUT2D eigenvalue weighted by atomic mass is 32.2. The van der Waals surface area contributed by atoms with Gasteiger partial charge in [-0.05, 0) is 83.9 Å². The summed E-state index contributed by atoms with van der Waals surface area (Å²) in [6.45, 7) is 13.0. The Bertz CT molecular complexity index is 1790. The molecular weight excluding hydrogens is 655 g/mol. The van der Waals surface area contributed by atoms with Gasteiger partial charge < -0.3 is 34.5 Å². The maximum absolute atomic E-state index is 14.0. The second-order valence-corrected chi connectivity index (χ2v) is 15.5. The molecule has 1 aromatic carbocycles. The molecule has 3 unspecified atom stereocenters. The third-order valence-electron chi connectivity index (χ3n) is 10.9. The number of aliphatic hydroxyl groups excluding tert-OH is 1. The van der Waals surface area contributed by atoms with E-state index in [1.165, 1.54) is 11.8 Å². The quantitative estimate of drug-likeness (QED) is 0.275. The molecule has 1 amide bonds. The van der Waals surface area contributed by atoms with Crippen LogP contribution in [0.2, 0.25) is 0 Å². The maximum atomic E-state index is 14.0. The monoisotopic (exact) mass is 703 g/mol. The molecule has 2 saturated heterocycles. The van der Waals surface area contributed by atoms with E-state index in [1.54, 1.807) is 0 Å². The van der Waals surface area contributed by atoms with E-state index in [2.05, 4.69) is 33.9 Å². The highest BCUT2D eigenvalue weighted by Gasteiger charge is 2.48. The fraction of sp³-hybridized carbons (Fsp3) is 0.553. The highest BCUT2D eigenvalue weighted by Crippen LogP contribution is 2.53. The van der Waals surface area contributed by atoms with Gasteiger partial charge in [0, 0.05) is 96.2 Å². The van der Waals surface area contributed by atoms with Gasteiger partial charge in [0.15, 0.2) is 11.5 Å². The summed E-state index contributed by atoms with van der Waals surface area (Å²) in [5.41, 5.74) is 3.81. The number of ether oxygens (including phenoxy) is 3. The predicted molar refractivity (Wildman–Crippen MR) is 194 cm³/mol. The number of benzene rings is 1. The number of nitrogens with one attached hydrogen (secondary N) is 2. The number of carbonyl (C=O) groups is 1. The number of hydrogen-bond acceptors (Lipinski definition) is 10. The Morgan fingerprint density at radius 1 is 1.06 bits per heavy atom. The first-order valence-electron chi connectivity index (χ1n) is 17.8. The highest BCUT2D eigenvalue weighted by molar-refractivity contribution is 7.98. The van der Waals surface area contributed by atoms with E-state index in [1.807, 2.05) is 57.5 Å². The molecule has 3 aromatic rings. The van der Waals surface area contributed by atoms with Crippen molar-refractivity contribution in [3.8, 4) is 22.6 Å². The number of aryl methyl sites for hydroxylation is 1. The van der Waals surface area contributed by atoms with Gasteiger partial charge in [-0.15, -0.1) is 11.8 Å². The number of aliphatic hydroxyl groups is 1. The average molecular weight is 704 g/mol. The number of thioether (sulfide) groups is 1. The van der Waals surface area contributed by atoms with Crippen molar-refractivity contribution >= 4 is 23.5 Å². The summed E-state index contributed by atoms with van der Waals surface area (Å²) in [5.74, 6) is 1.03. The van der Waals surface area contributed by atoms with Crippen molar-refractivity contribution < 1.29 is 24.1 Å². The number of amides is 1. The van der Waals surface area contributed by atoms with Crippen LogP contribution in [0.15, 0.2) is 40.2 Å². The first-order chi connectivity index (χ1) is 23.9. The number of β-amino-alcohol motifs (C(OH)–C–C–N with tert-alkyl or cyclic N) is 1. The van der Waals surface area contributed by atoms with Crippen molar-refractivity contribution in [3.63, 3.8) is 0 Å². The molecule has 0 radical (unpaired) electrons. The van der Waals surface area contributed by atoms with Crippen molar-refractivity contribution in [1.29, 1.82) is 0 Å². The van der Waals surface area contributed by atoms with E-state index in [0.29, 0.717) is 34.2 Å². The second-order valence-electron chi connectivity index (χ2n) is 14.7. The number of H-pyrrole nitrogens is 1. The lowest BCUT2D eigenvalue weighted by atomic mass is 9.80. The number of pyridine rings is 2. The standard InChI is InChI=1S/C38H49N5O6S/c1-21-13-32(50-6)31(37(46)41-21)16-40-36(45)29-14-30(25-7-12-33(39-15-25)43-17-22(2)47-23(3)18-43)35-34(24(29)4)48-38(5,49-35)26-8-10-27(11-9-26)42-19-28(44)20-42/h7,12-15,22-23,26-28,44H,8-11,16-20H2,1-6H3,(H,40,45)(H,41,46). The summed E-state index contributed by atoms with van der Waals surface area (Å²) in [7, 11) is 0. The number of anilines is 1. The third kappa shape index (κ3) is 6.75. The minimum Gasteiger partial charge on any atom is -0.448 e. The lowest BCUT2D eigenvalue weighted by molar-refractivity contribution is -0.128. The Labute approximate surface area is 298 Å². The molecule has 3 aliphatic heterocycles. The van der Waals surface area contributed by atoms with Gasteiger partial charge in [-0.25, -0.2) is 4.98 Å². The van der Waals surface area contributed by atoms with Crippen LogP contribution in [0.25, 0.3) is 11.1 Å². The molecule has 1 aliphatic carbocycles. The molecule has 2 aromatic heterocycles. The van der Waals surface area contributed by atoms with Gasteiger partial charge in [-0.1, -0.05) is 0 Å². The topological polar surface area (TPSA) is 129 Å². The van der Waals surface area contributed by atoms with Crippen molar-refractivity contribution in [2.75, 3.05) is 37.3 Å². The molecule has 7 rings (SSSR count). The van der Waals surface area contributed by atoms with Crippen LogP contribution >= 0.6 is 11.8 Å². The molecule has 268 valence electrons. The van der Waals surface area contributed by atoms with E-state index < -0.39 is 5.79 Å². The van der Waals surface area contributed by atoms with Gasteiger partial charge in [0.1, 0.15) is 5.82 Å². The number of fused-ring (bicyclic) bond motifs is 1. The van der Waals surface area contributed by atoms with Crippen LogP contribution in [0.1, 0.15) is 73.6 Å². The molecule has 3 N–H and O–H groups in total. The van der Waals surface area contributed by atoms with E-state index in [0.717, 1.165) is 79.4 Å². The van der Waals surface area contributed by atoms with E-state index in [9.17, 15) is 14.7 Å². The summed E-state index contributed by atoms with van der Waals surface area (Å²) in [5, 5.41) is 12.8. The van der Waals surface area contributed by atoms with Crippen LogP contribution in [0, 0.1) is 19.8 Å². The molecule has 5 heterocycles. The molecule has 1 saturated carbocycles. The molecule has 0 spiro atoms. The number of aromatic nitrogens is 2. The fourth-order valence-corrected chi connectivity index (χ4v) is 8.85. The number of hydrogen-bond donors (Lipinski definition) is 3. The van der Waals surface area contributed by atoms with Crippen LogP contribution in [-0.2, 0) is 11.3 Å². The zero-order chi connectivity index (χ0) is 35.3. The molecule has 50 heavy (non-hydrogen) atoms. The summed E-state index contributed by atoms with van der Waals surface area (Å²) >= 11 is 1.48. The lowest BCUT2D eigenvalue weighted by Gasteiger charge is -2.46. The zero-order valence-electron chi connectivity index (χ0n) is 29.9. The lowest BCUT2D eigenvalue weighted by Crippen LogP contribution is -2.57. The molecule has 11 nitrogen and oxygen atoms in total. The third-order valence-corrected chi connectivity index (χ3v) is 11.7. The molecule has 3 atom stereocenters. The summed E-state index contributed by atoms with van der Waals surface area (Å²) in [6, 6.07) is 8.32. The number of rotatable bonds is 8. The SMILES string of the molecule is CSc1cc(C)[nH]c(=O)c1CNC(=O)c1cc(-c2ccc(N3CC(C)OC(C)C3)nc2)c2c(c1C)OC(C)(C1CCC(N3CC(O)C3)CC1)O2.